The fraction of sp³-hybridized carbons (Fsp3) is 0.875. The van der Waals surface area contributed by atoms with Gasteiger partial charge in [-0.25, -0.2) is 0 Å². The predicted octanol–water partition coefficient (Wildman–Crippen LogP) is -1.15. The number of nitrogens with two attached hydrogens (primary N) is 1. The monoisotopic (exact) mass is 374 g/mol. The normalized spacial score (nSPS) is 9.29. The third-order valence-electron chi connectivity index (χ3n) is 1.45. The van der Waals surface area contributed by atoms with Crippen molar-refractivity contribution in [1.29, 1.82) is 0 Å². The van der Waals surface area contributed by atoms with Crippen molar-refractivity contribution in [3.8, 4) is 0 Å². The average Bonchev–Trinajstić information content (AvgIpc) is 2.16. The Kier molecular flexibility index (Phi) is 15.3. The molecule has 0 aliphatic heterocycles. The first-order valence-corrected chi connectivity index (χ1v) is 4.46. The van der Waals surface area contributed by atoms with E-state index in [1.807, 2.05) is 0 Å². The minimum atomic E-state index is -0.465. The fourth-order valence-corrected chi connectivity index (χ4v) is 0.769. The van der Waals surface area contributed by atoms with E-state index in [4.69, 9.17) is 15.6 Å². The van der Waals surface area contributed by atoms with E-state index in [1.54, 1.807) is 0 Å². The van der Waals surface area contributed by atoms with Crippen LogP contribution in [0.2, 0.25) is 0 Å². The van der Waals surface area contributed by atoms with Gasteiger partial charge in [-0.3, -0.25) is 4.79 Å². The molecule has 0 aromatic rings. The second kappa shape index (κ2) is 13.0. The summed E-state index contributed by atoms with van der Waals surface area (Å²) in [6.07, 6.45) is 1.91. The molecule has 0 radical (unpaired) electrons. The number of carbonyl (C=O) groups is 1. The van der Waals surface area contributed by atoms with Crippen molar-refractivity contribution in [2.24, 2.45) is 5.73 Å². The maximum absolute atomic E-state index is 10.5. The Labute approximate surface area is 98.6 Å². The van der Waals surface area contributed by atoms with E-state index < -0.39 is 6.61 Å². The summed E-state index contributed by atoms with van der Waals surface area (Å²) in [4.78, 5) is 10.5. The van der Waals surface area contributed by atoms with Gasteiger partial charge in [0.05, 0.1) is 6.61 Å². The molecule has 0 fully saturated rings. The minimum absolute atomic E-state index is 0. The van der Waals surface area contributed by atoms with E-state index >= 15 is 0 Å². The molecule has 0 aliphatic carbocycles. The number of rotatable bonds is 8. The number of unbranched alkanes of at least 4 members (excludes halogenated alkanes) is 1. The SMILES string of the molecule is NCCCCOCCNC(=O)CO.[W]. The first-order valence-electron chi connectivity index (χ1n) is 4.46. The second-order valence-corrected chi connectivity index (χ2v) is 2.62. The van der Waals surface area contributed by atoms with Crippen LogP contribution in [0.3, 0.4) is 0 Å². The maximum atomic E-state index is 10.5. The summed E-state index contributed by atoms with van der Waals surface area (Å²) in [5.41, 5.74) is 5.29. The van der Waals surface area contributed by atoms with Crippen LogP contribution in [0.4, 0.5) is 0 Å². The number of aliphatic hydroxyl groups is 1. The summed E-state index contributed by atoms with van der Waals surface area (Å²) < 4.78 is 5.18. The molecule has 0 bridgehead atoms. The van der Waals surface area contributed by atoms with Gasteiger partial charge in [-0.15, -0.1) is 0 Å². The molecule has 5 nitrogen and oxygen atoms in total. The van der Waals surface area contributed by atoms with Crippen LogP contribution < -0.4 is 11.1 Å². The second-order valence-electron chi connectivity index (χ2n) is 2.62. The number of amides is 1. The molecule has 84 valence electrons. The Morgan fingerprint density at radius 1 is 1.36 bits per heavy atom. The summed E-state index contributed by atoms with van der Waals surface area (Å²) in [7, 11) is 0. The zero-order valence-corrected chi connectivity index (χ0v) is 11.1. The summed E-state index contributed by atoms with van der Waals surface area (Å²) in [6.45, 7) is 1.82. The summed E-state index contributed by atoms with van der Waals surface area (Å²) >= 11 is 0. The van der Waals surface area contributed by atoms with Gasteiger partial charge >= 0.3 is 0 Å². The smallest absolute Gasteiger partial charge is 0.245 e. The molecule has 0 aromatic heterocycles. The number of carbonyl (C=O) groups excluding carboxylic acids is 1. The molecule has 0 aliphatic rings. The first-order chi connectivity index (χ1) is 6.31. The molecule has 0 atom stereocenters. The number of nitrogens with one attached hydrogen (secondary N) is 1. The molecule has 0 heterocycles. The van der Waals surface area contributed by atoms with Crippen LogP contribution in [0.15, 0.2) is 0 Å². The van der Waals surface area contributed by atoms with E-state index in [9.17, 15) is 4.79 Å². The fourth-order valence-electron chi connectivity index (χ4n) is 0.769. The maximum Gasteiger partial charge on any atom is 0.245 e. The van der Waals surface area contributed by atoms with Crippen LogP contribution in [-0.2, 0) is 30.6 Å². The van der Waals surface area contributed by atoms with Gasteiger partial charge in [0.1, 0.15) is 6.61 Å². The van der Waals surface area contributed by atoms with Crippen LogP contribution in [0.5, 0.6) is 0 Å². The van der Waals surface area contributed by atoms with Crippen LogP contribution in [0.25, 0.3) is 0 Å². The molecule has 14 heavy (non-hydrogen) atoms. The van der Waals surface area contributed by atoms with Crippen LogP contribution in [0.1, 0.15) is 12.8 Å². The molecule has 6 heteroatoms. The molecular weight excluding hydrogens is 356 g/mol. The quantitative estimate of drug-likeness (QED) is 0.469. The third-order valence-corrected chi connectivity index (χ3v) is 1.45. The Morgan fingerprint density at radius 3 is 2.64 bits per heavy atom. The first kappa shape index (κ1) is 16.5. The van der Waals surface area contributed by atoms with Gasteiger partial charge in [0.25, 0.3) is 0 Å². The Hall–Kier alpha value is 0.0383. The minimum Gasteiger partial charge on any atom is -0.387 e. The van der Waals surface area contributed by atoms with Crippen LogP contribution >= 0.6 is 0 Å². The molecule has 0 unspecified atom stereocenters. The van der Waals surface area contributed by atoms with Gasteiger partial charge in [0, 0.05) is 34.2 Å². The molecule has 0 saturated heterocycles. The number of ether oxygens (including phenoxy) is 1. The van der Waals surface area contributed by atoms with Crippen molar-refractivity contribution in [3.05, 3.63) is 0 Å². The van der Waals surface area contributed by atoms with Gasteiger partial charge in [0.15, 0.2) is 0 Å². The van der Waals surface area contributed by atoms with Gasteiger partial charge in [-0.1, -0.05) is 0 Å². The summed E-state index contributed by atoms with van der Waals surface area (Å²) in [5.74, 6) is -0.370. The largest absolute Gasteiger partial charge is 0.387 e. The van der Waals surface area contributed by atoms with E-state index in [0.717, 1.165) is 12.8 Å². The van der Waals surface area contributed by atoms with Gasteiger partial charge in [-0.05, 0) is 19.4 Å². The van der Waals surface area contributed by atoms with E-state index in [-0.39, 0.29) is 27.0 Å². The van der Waals surface area contributed by atoms with E-state index in [2.05, 4.69) is 5.32 Å². The molecule has 0 spiro atoms. The molecule has 1 amide bonds. The topological polar surface area (TPSA) is 84.6 Å². The van der Waals surface area contributed by atoms with Gasteiger partial charge in [-0.2, -0.15) is 0 Å². The van der Waals surface area contributed by atoms with Crippen molar-refractivity contribution in [3.63, 3.8) is 0 Å². The third kappa shape index (κ3) is 12.0. The van der Waals surface area contributed by atoms with Crippen molar-refractivity contribution in [2.75, 3.05) is 32.9 Å². The zero-order chi connectivity index (χ0) is 9.94. The Balaban J connectivity index is 0. The summed E-state index contributed by atoms with van der Waals surface area (Å²) in [6, 6.07) is 0. The average molecular weight is 374 g/mol. The number of hydrogen-bond acceptors (Lipinski definition) is 4. The summed E-state index contributed by atoms with van der Waals surface area (Å²) in [5, 5.41) is 10.8. The Morgan fingerprint density at radius 2 is 2.07 bits per heavy atom. The molecule has 0 saturated carbocycles. The molecule has 0 aromatic carbocycles. The van der Waals surface area contributed by atoms with E-state index in [1.165, 1.54) is 0 Å². The number of hydrogen-bond donors (Lipinski definition) is 3. The molecule has 4 N–H and O–H groups in total. The Bertz CT molecular complexity index is 136. The van der Waals surface area contributed by atoms with Crippen molar-refractivity contribution < 1.29 is 35.7 Å². The van der Waals surface area contributed by atoms with Crippen molar-refractivity contribution in [1.82, 2.24) is 5.32 Å². The van der Waals surface area contributed by atoms with Crippen molar-refractivity contribution >= 4 is 5.91 Å². The standard InChI is InChI=1S/C8H18N2O3.W/c9-3-1-2-5-13-6-4-10-8(12)7-11;/h11H,1-7,9H2,(H,10,12);. The van der Waals surface area contributed by atoms with Crippen molar-refractivity contribution in [2.45, 2.75) is 12.8 Å². The van der Waals surface area contributed by atoms with Gasteiger partial charge < -0.3 is 20.9 Å². The van der Waals surface area contributed by atoms with Crippen LogP contribution in [0, 0.1) is 0 Å². The molecular formula is C8H18N2O3W. The molecule has 0 rings (SSSR count). The zero-order valence-electron chi connectivity index (χ0n) is 8.20. The van der Waals surface area contributed by atoms with Crippen LogP contribution in [-0.4, -0.2) is 43.9 Å². The number of aliphatic hydroxyl groups excluding tert-OH is 1. The van der Waals surface area contributed by atoms with Gasteiger partial charge in [0.2, 0.25) is 5.91 Å². The van der Waals surface area contributed by atoms with E-state index in [0.29, 0.717) is 26.3 Å². The predicted molar refractivity (Wildman–Crippen MR) is 49.2 cm³/mol.